The molecule has 0 fully saturated rings. The third kappa shape index (κ3) is 11.6. The summed E-state index contributed by atoms with van der Waals surface area (Å²) in [5.41, 5.74) is 6.76. The fraction of sp³-hybridized carbons (Fsp3) is 0. The predicted molar refractivity (Wildman–Crippen MR) is 214 cm³/mol. The Morgan fingerprint density at radius 2 is 0.435 bits per heavy atom. The second-order valence-electron chi connectivity index (χ2n) is 9.70. The minimum absolute atomic E-state index is 1.05. The van der Waals surface area contributed by atoms with Crippen molar-refractivity contribution in [1.29, 1.82) is 0 Å². The van der Waals surface area contributed by atoms with Gasteiger partial charge in [-0.05, 0) is 110 Å². The molecule has 0 radical (unpaired) electrons. The van der Waals surface area contributed by atoms with Crippen LogP contribution in [0.4, 0.5) is 0 Å². The Bertz CT molecular complexity index is 1640. The predicted octanol–water partition coefficient (Wildman–Crippen LogP) is 13.7. The molecule has 6 rings (SSSR count). The highest BCUT2D eigenvalue weighted by Gasteiger charge is 2.06. The smallest absolute Gasteiger partial charge is 0.0395 e. The maximum atomic E-state index is 3.62. The lowest BCUT2D eigenvalue weighted by Gasteiger charge is -2.05. The summed E-state index contributed by atoms with van der Waals surface area (Å²) in [6.07, 6.45) is 0. The normalized spacial score (nSPS) is 11.1. The second kappa shape index (κ2) is 19.7. The highest BCUT2D eigenvalue weighted by Crippen LogP contribution is 2.36. The number of halogens is 4. The summed E-state index contributed by atoms with van der Waals surface area (Å²) < 4.78 is 4.28. The molecule has 0 aliphatic rings. The van der Waals surface area contributed by atoms with E-state index in [-0.39, 0.29) is 0 Å². The van der Waals surface area contributed by atoms with Crippen LogP contribution >= 0.6 is 63.7 Å². The van der Waals surface area contributed by atoms with Crippen molar-refractivity contribution in [3.05, 3.63) is 215 Å². The summed E-state index contributed by atoms with van der Waals surface area (Å²) >= 11 is 14.5. The molecule has 0 aliphatic carbocycles. The van der Waals surface area contributed by atoms with E-state index in [0.717, 1.165) is 29.1 Å². The molecule has 46 heavy (non-hydrogen) atoms. The molecule has 0 saturated carbocycles. The fourth-order valence-corrected chi connectivity index (χ4v) is 6.01. The Labute approximate surface area is 306 Å². The van der Waals surface area contributed by atoms with Crippen molar-refractivity contribution in [1.82, 2.24) is 0 Å². The fourth-order valence-electron chi connectivity index (χ4n) is 4.03. The van der Waals surface area contributed by atoms with Gasteiger partial charge in [-0.15, -0.1) is 0 Å². The van der Waals surface area contributed by atoms with Crippen molar-refractivity contribution in [3.8, 4) is 11.8 Å². The second-order valence-corrected chi connectivity index (χ2v) is 12.9. The Morgan fingerprint density at radius 3 is 0.630 bits per heavy atom. The maximum absolute atomic E-state index is 3.62. The van der Waals surface area contributed by atoms with Crippen LogP contribution in [0.1, 0.15) is 33.4 Å². The molecule has 0 bridgehead atoms. The van der Waals surface area contributed by atoms with Gasteiger partial charge in [0.2, 0.25) is 0 Å². The third-order valence-electron chi connectivity index (χ3n) is 6.39. The van der Waals surface area contributed by atoms with Gasteiger partial charge in [0, 0.05) is 29.1 Å². The molecule has 0 atom stereocenters. The van der Waals surface area contributed by atoms with E-state index in [1.807, 2.05) is 133 Å². The topological polar surface area (TPSA) is 0 Å². The van der Waals surface area contributed by atoms with Gasteiger partial charge in [-0.1, -0.05) is 170 Å². The summed E-state index contributed by atoms with van der Waals surface area (Å²) in [7, 11) is 0. The average Bonchev–Trinajstić information content (AvgIpc) is 3.15. The molecule has 0 nitrogen and oxygen atoms in total. The van der Waals surface area contributed by atoms with E-state index in [9.17, 15) is 0 Å². The standard InChI is InChI=1S/2C14H10Br2.C14H10/c2*15-13(11-7-3-1-4-8-11)14(16)12-9-5-2-6-10-12;1-3-7-13(8-4-1)11-12-14-9-5-2-6-10-14/h2*1-10H;1-10H/b2*14-13-;. The van der Waals surface area contributed by atoms with Crippen LogP contribution in [0.5, 0.6) is 0 Å². The lowest BCUT2D eigenvalue weighted by molar-refractivity contribution is 1.62. The molecule has 226 valence electrons. The molecule has 0 unspecified atom stereocenters. The first-order valence-electron chi connectivity index (χ1n) is 14.5. The van der Waals surface area contributed by atoms with Crippen molar-refractivity contribution in [2.24, 2.45) is 0 Å². The Balaban J connectivity index is 0.000000157. The average molecular weight is 854 g/mol. The van der Waals surface area contributed by atoms with E-state index in [1.165, 1.54) is 22.3 Å². The van der Waals surface area contributed by atoms with Crippen LogP contribution in [0, 0.1) is 11.8 Å². The van der Waals surface area contributed by atoms with Gasteiger partial charge < -0.3 is 0 Å². The largest absolute Gasteiger partial charge is 0.0622 e. The van der Waals surface area contributed by atoms with Crippen LogP contribution in [0.25, 0.3) is 17.9 Å². The molecule has 0 N–H and O–H groups in total. The molecule has 0 aliphatic heterocycles. The van der Waals surface area contributed by atoms with E-state index >= 15 is 0 Å². The lowest BCUT2D eigenvalue weighted by Crippen LogP contribution is -1.80. The minimum atomic E-state index is 1.05. The molecular weight excluding hydrogens is 824 g/mol. The summed E-state index contributed by atoms with van der Waals surface area (Å²) in [5, 5.41) is 0. The highest BCUT2D eigenvalue weighted by molar-refractivity contribution is 9.18. The zero-order valence-electron chi connectivity index (χ0n) is 24.8. The lowest BCUT2D eigenvalue weighted by atomic mass is 10.1. The number of benzene rings is 6. The van der Waals surface area contributed by atoms with E-state index in [4.69, 9.17) is 0 Å². The Morgan fingerprint density at radius 1 is 0.261 bits per heavy atom. The van der Waals surface area contributed by atoms with Gasteiger partial charge in [-0.3, -0.25) is 0 Å². The molecule has 0 heterocycles. The van der Waals surface area contributed by atoms with E-state index in [1.54, 1.807) is 0 Å². The van der Waals surface area contributed by atoms with Crippen molar-refractivity contribution in [2.45, 2.75) is 0 Å². The van der Waals surface area contributed by atoms with Gasteiger partial charge in [-0.2, -0.15) is 0 Å². The number of hydrogen-bond acceptors (Lipinski definition) is 0. The third-order valence-corrected chi connectivity index (χ3v) is 10.9. The monoisotopic (exact) mass is 850 g/mol. The summed E-state index contributed by atoms with van der Waals surface area (Å²) in [6, 6.07) is 60.9. The van der Waals surface area contributed by atoms with Gasteiger partial charge >= 0.3 is 0 Å². The van der Waals surface area contributed by atoms with Crippen LogP contribution in [0.3, 0.4) is 0 Å². The zero-order chi connectivity index (χ0) is 32.4. The van der Waals surface area contributed by atoms with E-state index < -0.39 is 0 Å². The molecule has 6 aromatic rings. The van der Waals surface area contributed by atoms with Crippen LogP contribution in [-0.2, 0) is 0 Å². The first-order chi connectivity index (χ1) is 22.5. The first kappa shape index (κ1) is 35.1. The summed E-state index contributed by atoms with van der Waals surface area (Å²) in [6.45, 7) is 0. The molecule has 6 aromatic carbocycles. The SMILES string of the molecule is Br/C(=C(\Br)c1ccccc1)c1ccccc1.Br/C(=C(\Br)c1ccccc1)c1ccccc1.C(#Cc1ccccc1)c1ccccc1. The van der Waals surface area contributed by atoms with Gasteiger partial charge in [0.05, 0.1) is 0 Å². The van der Waals surface area contributed by atoms with Crippen LogP contribution in [0.2, 0.25) is 0 Å². The minimum Gasteiger partial charge on any atom is -0.0622 e. The summed E-state index contributed by atoms with van der Waals surface area (Å²) in [5.74, 6) is 6.22. The molecule has 4 heteroatoms. The molecular formula is C42H30Br4. The number of hydrogen-bond donors (Lipinski definition) is 0. The van der Waals surface area contributed by atoms with Crippen LogP contribution in [-0.4, -0.2) is 0 Å². The van der Waals surface area contributed by atoms with Gasteiger partial charge in [0.1, 0.15) is 0 Å². The van der Waals surface area contributed by atoms with Gasteiger partial charge in [-0.25, -0.2) is 0 Å². The van der Waals surface area contributed by atoms with Crippen molar-refractivity contribution < 1.29 is 0 Å². The number of rotatable bonds is 4. The van der Waals surface area contributed by atoms with Gasteiger partial charge in [0.15, 0.2) is 0 Å². The van der Waals surface area contributed by atoms with Crippen molar-refractivity contribution in [2.75, 3.05) is 0 Å². The highest BCUT2D eigenvalue weighted by atomic mass is 79.9. The van der Waals surface area contributed by atoms with Crippen LogP contribution < -0.4 is 0 Å². The summed E-state index contributed by atoms with van der Waals surface area (Å²) in [4.78, 5) is 0. The van der Waals surface area contributed by atoms with E-state index in [2.05, 4.69) is 124 Å². The Kier molecular flexibility index (Phi) is 15.1. The van der Waals surface area contributed by atoms with E-state index in [0.29, 0.717) is 0 Å². The first-order valence-corrected chi connectivity index (χ1v) is 17.6. The van der Waals surface area contributed by atoms with Gasteiger partial charge in [0.25, 0.3) is 0 Å². The molecule has 0 aromatic heterocycles. The quantitative estimate of drug-likeness (QED) is 0.122. The van der Waals surface area contributed by atoms with Crippen LogP contribution in [0.15, 0.2) is 182 Å². The Hall–Kier alpha value is -3.72. The molecule has 0 saturated heterocycles. The zero-order valence-corrected chi connectivity index (χ0v) is 31.2. The maximum Gasteiger partial charge on any atom is 0.0395 e. The molecule has 0 amide bonds. The molecule has 0 spiro atoms. The van der Waals surface area contributed by atoms with Crippen molar-refractivity contribution in [3.63, 3.8) is 0 Å². The van der Waals surface area contributed by atoms with Crippen molar-refractivity contribution >= 4 is 81.6 Å².